The quantitative estimate of drug-likeness (QED) is 0.835. The van der Waals surface area contributed by atoms with E-state index in [0.717, 1.165) is 18.4 Å². The first-order valence-corrected chi connectivity index (χ1v) is 7.65. The van der Waals surface area contributed by atoms with Crippen molar-refractivity contribution in [3.05, 3.63) is 34.3 Å². The van der Waals surface area contributed by atoms with Gasteiger partial charge in [-0.3, -0.25) is 4.79 Å². The first kappa shape index (κ1) is 13.9. The van der Waals surface area contributed by atoms with E-state index in [1.54, 1.807) is 0 Å². The van der Waals surface area contributed by atoms with Crippen LogP contribution in [0.5, 0.6) is 0 Å². The van der Waals surface area contributed by atoms with Crippen LogP contribution in [0.4, 0.5) is 0 Å². The molecule has 108 valence electrons. The minimum Gasteiger partial charge on any atom is -0.377 e. The normalized spacial score (nSPS) is 25.3. The van der Waals surface area contributed by atoms with Crippen molar-refractivity contribution in [2.45, 2.75) is 44.7 Å². The number of benzene rings is 1. The van der Waals surface area contributed by atoms with Gasteiger partial charge in [0, 0.05) is 10.6 Å². The molecule has 4 heteroatoms. The van der Waals surface area contributed by atoms with E-state index in [1.165, 1.54) is 0 Å². The third-order valence-electron chi connectivity index (χ3n) is 4.34. The van der Waals surface area contributed by atoms with Gasteiger partial charge in [-0.15, -0.1) is 0 Å². The van der Waals surface area contributed by atoms with E-state index in [0.29, 0.717) is 29.7 Å². The Morgan fingerprint density at radius 3 is 2.50 bits per heavy atom. The second-order valence-electron chi connectivity index (χ2n) is 6.03. The van der Waals surface area contributed by atoms with Gasteiger partial charge in [-0.2, -0.15) is 0 Å². The summed E-state index contributed by atoms with van der Waals surface area (Å²) in [5, 5.41) is 0.687. The Morgan fingerprint density at radius 1 is 1.30 bits per heavy atom. The van der Waals surface area contributed by atoms with E-state index >= 15 is 0 Å². The fourth-order valence-electron chi connectivity index (χ4n) is 3.24. The van der Waals surface area contributed by atoms with Crippen LogP contribution in [0, 0.1) is 0 Å². The Morgan fingerprint density at radius 2 is 1.95 bits per heavy atom. The fraction of sp³-hybridized carbons (Fsp3) is 0.562. The van der Waals surface area contributed by atoms with Crippen molar-refractivity contribution in [1.82, 2.24) is 4.90 Å². The number of nitrogens with zero attached hydrogens (tertiary/aromatic N) is 1. The highest BCUT2D eigenvalue weighted by molar-refractivity contribution is 6.31. The van der Waals surface area contributed by atoms with Crippen LogP contribution in [0.25, 0.3) is 0 Å². The molecule has 2 fully saturated rings. The molecular weight excluding hydrogens is 274 g/mol. The number of ether oxygens (including phenoxy) is 1. The number of halogens is 1. The zero-order valence-corrected chi connectivity index (χ0v) is 12.7. The summed E-state index contributed by atoms with van der Waals surface area (Å²) in [5.74, 6) is 0.462. The number of carbonyl (C=O) groups excluding carboxylic acids is 1. The van der Waals surface area contributed by atoms with Gasteiger partial charge >= 0.3 is 0 Å². The zero-order chi connectivity index (χ0) is 14.3. The van der Waals surface area contributed by atoms with Gasteiger partial charge in [-0.1, -0.05) is 31.5 Å². The van der Waals surface area contributed by atoms with Gasteiger partial charge in [0.25, 0.3) is 5.91 Å². The number of morpholine rings is 1. The average molecular weight is 294 g/mol. The highest BCUT2D eigenvalue weighted by Gasteiger charge is 2.40. The van der Waals surface area contributed by atoms with Gasteiger partial charge in [0.2, 0.25) is 0 Å². The Bertz CT molecular complexity index is 513. The second-order valence-corrected chi connectivity index (χ2v) is 6.43. The molecule has 0 spiro atoms. The number of hydrogen-bond acceptors (Lipinski definition) is 2. The predicted molar refractivity (Wildman–Crippen MR) is 79.3 cm³/mol. The van der Waals surface area contributed by atoms with Crippen LogP contribution in [-0.4, -0.2) is 36.1 Å². The molecule has 2 atom stereocenters. The second kappa shape index (κ2) is 5.38. The summed E-state index contributed by atoms with van der Waals surface area (Å²) >= 11 is 6.30. The van der Waals surface area contributed by atoms with Gasteiger partial charge in [0.05, 0.1) is 25.3 Å². The van der Waals surface area contributed by atoms with Gasteiger partial charge in [0.15, 0.2) is 0 Å². The lowest BCUT2D eigenvalue weighted by Gasteiger charge is -2.34. The molecule has 20 heavy (non-hydrogen) atoms. The van der Waals surface area contributed by atoms with Crippen LogP contribution in [0.2, 0.25) is 5.02 Å². The molecule has 1 aromatic rings. The third-order valence-corrected chi connectivity index (χ3v) is 4.67. The lowest BCUT2D eigenvalue weighted by atomic mass is 10.0. The summed E-state index contributed by atoms with van der Waals surface area (Å²) in [4.78, 5) is 14.7. The van der Waals surface area contributed by atoms with Crippen molar-refractivity contribution in [2.75, 3.05) is 13.2 Å². The lowest BCUT2D eigenvalue weighted by molar-refractivity contribution is -0.00715. The Labute approximate surface area is 124 Å². The summed E-state index contributed by atoms with van der Waals surface area (Å²) in [6.07, 6.45) is 2.10. The van der Waals surface area contributed by atoms with Gasteiger partial charge < -0.3 is 9.64 Å². The SMILES string of the molecule is CC(C)c1ccc(C(=O)N2C3CCC2COC3)cc1Cl. The Balaban J connectivity index is 1.86. The first-order valence-electron chi connectivity index (χ1n) is 7.27. The van der Waals surface area contributed by atoms with Crippen LogP contribution >= 0.6 is 11.6 Å². The van der Waals surface area contributed by atoms with E-state index in [2.05, 4.69) is 13.8 Å². The molecule has 1 aromatic carbocycles. The van der Waals surface area contributed by atoms with Crippen LogP contribution < -0.4 is 0 Å². The smallest absolute Gasteiger partial charge is 0.254 e. The van der Waals surface area contributed by atoms with Crippen molar-refractivity contribution >= 4 is 17.5 Å². The molecule has 2 heterocycles. The van der Waals surface area contributed by atoms with Crippen molar-refractivity contribution in [3.8, 4) is 0 Å². The molecule has 0 N–H and O–H groups in total. The van der Waals surface area contributed by atoms with Gasteiger partial charge in [-0.05, 0) is 36.5 Å². The first-order chi connectivity index (χ1) is 9.58. The monoisotopic (exact) mass is 293 g/mol. The molecule has 2 aliphatic rings. The molecule has 0 aromatic heterocycles. The summed E-state index contributed by atoms with van der Waals surface area (Å²) in [6.45, 7) is 5.54. The summed E-state index contributed by atoms with van der Waals surface area (Å²) < 4.78 is 5.53. The van der Waals surface area contributed by atoms with Crippen molar-refractivity contribution in [1.29, 1.82) is 0 Å². The zero-order valence-electron chi connectivity index (χ0n) is 11.9. The molecule has 0 saturated carbocycles. The Hall–Kier alpha value is -1.06. The van der Waals surface area contributed by atoms with Crippen molar-refractivity contribution < 1.29 is 9.53 Å². The number of rotatable bonds is 2. The maximum Gasteiger partial charge on any atom is 0.254 e. The van der Waals surface area contributed by atoms with Crippen LogP contribution in [-0.2, 0) is 4.74 Å². The topological polar surface area (TPSA) is 29.5 Å². The molecule has 2 bridgehead atoms. The Kier molecular flexibility index (Phi) is 3.74. The van der Waals surface area contributed by atoms with E-state index in [-0.39, 0.29) is 18.0 Å². The molecular formula is C16H20ClNO2. The third kappa shape index (κ3) is 2.33. The summed E-state index contributed by atoms with van der Waals surface area (Å²) in [6, 6.07) is 6.17. The van der Waals surface area contributed by atoms with Crippen LogP contribution in [0.1, 0.15) is 48.5 Å². The largest absolute Gasteiger partial charge is 0.377 e. The molecule has 0 aliphatic carbocycles. The molecule has 0 radical (unpaired) electrons. The van der Waals surface area contributed by atoms with Crippen molar-refractivity contribution in [2.24, 2.45) is 0 Å². The maximum atomic E-state index is 12.7. The minimum atomic E-state index is 0.0954. The lowest BCUT2D eigenvalue weighted by Crippen LogP contribution is -2.49. The number of amides is 1. The molecule has 2 saturated heterocycles. The fourth-order valence-corrected chi connectivity index (χ4v) is 3.64. The standard InChI is InChI=1S/C16H20ClNO2/c1-10(2)14-6-3-11(7-15(14)17)16(19)18-12-4-5-13(18)9-20-8-12/h3,6-7,10,12-13H,4-5,8-9H2,1-2H3. The molecule has 2 aliphatic heterocycles. The maximum absolute atomic E-state index is 12.7. The summed E-state index contributed by atoms with van der Waals surface area (Å²) in [7, 11) is 0. The number of hydrogen-bond donors (Lipinski definition) is 0. The number of carbonyl (C=O) groups is 1. The van der Waals surface area contributed by atoms with E-state index in [4.69, 9.17) is 16.3 Å². The molecule has 2 unspecified atom stereocenters. The summed E-state index contributed by atoms with van der Waals surface area (Å²) in [5.41, 5.74) is 1.78. The highest BCUT2D eigenvalue weighted by Crippen LogP contribution is 2.32. The molecule has 1 amide bonds. The molecule has 3 nitrogen and oxygen atoms in total. The highest BCUT2D eigenvalue weighted by atomic mass is 35.5. The number of fused-ring (bicyclic) bond motifs is 2. The predicted octanol–water partition coefficient (Wildman–Crippen LogP) is 3.47. The van der Waals surface area contributed by atoms with E-state index < -0.39 is 0 Å². The average Bonchev–Trinajstić information content (AvgIpc) is 2.66. The van der Waals surface area contributed by atoms with Crippen molar-refractivity contribution in [3.63, 3.8) is 0 Å². The van der Waals surface area contributed by atoms with Gasteiger partial charge in [-0.25, -0.2) is 0 Å². The van der Waals surface area contributed by atoms with Crippen LogP contribution in [0.3, 0.4) is 0 Å². The molecule has 3 rings (SSSR count). The van der Waals surface area contributed by atoms with E-state index in [1.807, 2.05) is 23.1 Å². The van der Waals surface area contributed by atoms with Crippen LogP contribution in [0.15, 0.2) is 18.2 Å². The van der Waals surface area contributed by atoms with Gasteiger partial charge in [0.1, 0.15) is 0 Å². The van der Waals surface area contributed by atoms with E-state index in [9.17, 15) is 4.79 Å². The minimum absolute atomic E-state index is 0.0954.